The maximum absolute atomic E-state index is 13.3. The van der Waals surface area contributed by atoms with E-state index in [0.29, 0.717) is 5.56 Å². The van der Waals surface area contributed by atoms with Crippen molar-refractivity contribution in [3.05, 3.63) is 36.3 Å². The summed E-state index contributed by atoms with van der Waals surface area (Å²) in [6.45, 7) is 6.56. The lowest BCUT2D eigenvalue weighted by atomic mass is 10.2. The molecule has 0 aliphatic carbocycles. The first kappa shape index (κ1) is 19.5. The van der Waals surface area contributed by atoms with Gasteiger partial charge in [-0.25, -0.2) is 9.97 Å². The average molecular weight is 380 g/mol. The van der Waals surface area contributed by atoms with Crippen molar-refractivity contribution in [1.29, 1.82) is 0 Å². The molecule has 3 rings (SSSR count). The van der Waals surface area contributed by atoms with Crippen LogP contribution in [0, 0.1) is 0 Å². The monoisotopic (exact) mass is 380 g/mol. The van der Waals surface area contributed by atoms with Crippen LogP contribution in [0.3, 0.4) is 0 Å². The Hall–Kier alpha value is -2.26. The van der Waals surface area contributed by atoms with E-state index in [0.717, 1.165) is 38.8 Å². The summed E-state index contributed by atoms with van der Waals surface area (Å²) in [5.74, 6) is 0.201. The van der Waals surface area contributed by atoms with Crippen LogP contribution < -0.4 is 5.32 Å². The number of alkyl halides is 3. The van der Waals surface area contributed by atoms with E-state index in [9.17, 15) is 13.2 Å². The van der Waals surface area contributed by atoms with Gasteiger partial charge in [0.25, 0.3) is 0 Å². The number of pyridine rings is 1. The third-order valence-corrected chi connectivity index (χ3v) is 4.48. The molecule has 0 radical (unpaired) electrons. The summed E-state index contributed by atoms with van der Waals surface area (Å²) in [6.07, 6.45) is -1.54. The first-order valence-corrected chi connectivity index (χ1v) is 8.85. The zero-order valence-corrected chi connectivity index (χ0v) is 15.4. The van der Waals surface area contributed by atoms with Crippen molar-refractivity contribution in [2.24, 2.45) is 0 Å². The Bertz CT molecular complexity index is 745. The lowest BCUT2D eigenvalue weighted by Gasteiger charge is -2.34. The minimum atomic E-state index is -4.54. The molecule has 0 saturated carbocycles. The predicted molar refractivity (Wildman–Crippen MR) is 97.3 cm³/mol. The number of likely N-dealkylation sites (N-methyl/N-ethyl adjacent to an activating group) is 1. The van der Waals surface area contributed by atoms with Gasteiger partial charge in [-0.3, -0.25) is 9.88 Å². The van der Waals surface area contributed by atoms with E-state index >= 15 is 0 Å². The minimum absolute atomic E-state index is 0.0292. The van der Waals surface area contributed by atoms with Crippen molar-refractivity contribution in [2.75, 3.05) is 45.1 Å². The molecule has 1 saturated heterocycles. The fourth-order valence-corrected chi connectivity index (χ4v) is 3.01. The number of aromatic nitrogens is 3. The maximum Gasteiger partial charge on any atom is 0.433 e. The number of hydrogen-bond donors (Lipinski definition) is 1. The van der Waals surface area contributed by atoms with Crippen LogP contribution in [0.2, 0.25) is 0 Å². The van der Waals surface area contributed by atoms with Crippen LogP contribution in [-0.4, -0.2) is 70.6 Å². The van der Waals surface area contributed by atoms with Gasteiger partial charge in [0, 0.05) is 62.8 Å². The van der Waals surface area contributed by atoms with Crippen molar-refractivity contribution in [3.63, 3.8) is 0 Å². The van der Waals surface area contributed by atoms with Gasteiger partial charge in [-0.05, 0) is 26.1 Å². The van der Waals surface area contributed by atoms with E-state index in [-0.39, 0.29) is 17.7 Å². The quantitative estimate of drug-likeness (QED) is 0.861. The molecule has 2 aromatic rings. The van der Waals surface area contributed by atoms with Gasteiger partial charge in [0.15, 0.2) is 11.5 Å². The van der Waals surface area contributed by atoms with E-state index < -0.39 is 11.9 Å². The van der Waals surface area contributed by atoms with Gasteiger partial charge in [-0.15, -0.1) is 0 Å². The maximum atomic E-state index is 13.3. The topological polar surface area (TPSA) is 57.2 Å². The summed E-state index contributed by atoms with van der Waals surface area (Å²) in [5.41, 5.74) is -0.468. The van der Waals surface area contributed by atoms with Gasteiger partial charge in [0.1, 0.15) is 5.82 Å². The third-order valence-electron chi connectivity index (χ3n) is 4.48. The van der Waals surface area contributed by atoms with Crippen LogP contribution in [0.15, 0.2) is 30.6 Å². The Kier molecular flexibility index (Phi) is 5.91. The standard InChI is InChI=1S/C18H23F3N6/c1-13(12-27-9-7-26(2)8-10-27)23-16-11-15(18(19,20)21)24-17(25-16)14-3-5-22-6-4-14/h3-6,11,13H,7-10,12H2,1-2H3,(H,23,24,25). The summed E-state index contributed by atoms with van der Waals surface area (Å²) >= 11 is 0. The van der Waals surface area contributed by atoms with Crippen molar-refractivity contribution >= 4 is 5.82 Å². The highest BCUT2D eigenvalue weighted by Crippen LogP contribution is 2.30. The Balaban J connectivity index is 1.77. The van der Waals surface area contributed by atoms with E-state index in [1.807, 2.05) is 6.92 Å². The van der Waals surface area contributed by atoms with Gasteiger partial charge >= 0.3 is 6.18 Å². The fraction of sp³-hybridized carbons (Fsp3) is 0.500. The van der Waals surface area contributed by atoms with Gasteiger partial charge in [-0.2, -0.15) is 13.2 Å². The number of piperazine rings is 1. The first-order valence-electron chi connectivity index (χ1n) is 8.85. The van der Waals surface area contributed by atoms with E-state index in [2.05, 4.69) is 37.1 Å². The largest absolute Gasteiger partial charge is 0.433 e. The number of rotatable bonds is 5. The smallest absolute Gasteiger partial charge is 0.366 e. The highest BCUT2D eigenvalue weighted by molar-refractivity contribution is 5.57. The van der Waals surface area contributed by atoms with Crippen molar-refractivity contribution < 1.29 is 13.2 Å². The molecule has 0 aromatic carbocycles. The Morgan fingerprint density at radius 3 is 2.41 bits per heavy atom. The molecule has 1 aliphatic heterocycles. The van der Waals surface area contributed by atoms with E-state index in [1.165, 1.54) is 12.4 Å². The highest BCUT2D eigenvalue weighted by Gasteiger charge is 2.34. The molecule has 9 heteroatoms. The van der Waals surface area contributed by atoms with Crippen LogP contribution >= 0.6 is 0 Å². The number of hydrogen-bond acceptors (Lipinski definition) is 6. The number of nitrogens with zero attached hydrogens (tertiary/aromatic N) is 5. The lowest BCUT2D eigenvalue weighted by Crippen LogP contribution is -2.47. The number of halogens is 3. The fourth-order valence-electron chi connectivity index (χ4n) is 3.01. The minimum Gasteiger partial charge on any atom is -0.366 e. The molecule has 6 nitrogen and oxygen atoms in total. The average Bonchev–Trinajstić information content (AvgIpc) is 2.63. The van der Waals surface area contributed by atoms with Crippen molar-refractivity contribution in [2.45, 2.75) is 19.1 Å². The molecule has 1 atom stereocenters. The zero-order valence-electron chi connectivity index (χ0n) is 15.4. The predicted octanol–water partition coefficient (Wildman–Crippen LogP) is 2.61. The third kappa shape index (κ3) is 5.36. The van der Waals surface area contributed by atoms with E-state index in [1.54, 1.807) is 12.1 Å². The molecule has 1 aliphatic rings. The van der Waals surface area contributed by atoms with E-state index in [4.69, 9.17) is 0 Å². The molecule has 1 N–H and O–H groups in total. The molecule has 3 heterocycles. The second-order valence-electron chi connectivity index (χ2n) is 6.84. The van der Waals surface area contributed by atoms with Crippen LogP contribution in [0.5, 0.6) is 0 Å². The van der Waals surface area contributed by atoms with Crippen molar-refractivity contribution in [1.82, 2.24) is 24.8 Å². The summed E-state index contributed by atoms with van der Waals surface area (Å²) in [6, 6.07) is 4.10. The lowest BCUT2D eigenvalue weighted by molar-refractivity contribution is -0.141. The molecule has 1 fully saturated rings. The van der Waals surface area contributed by atoms with Crippen molar-refractivity contribution in [3.8, 4) is 11.4 Å². The molecule has 1 unspecified atom stereocenters. The normalized spacial score (nSPS) is 17.7. The van der Waals surface area contributed by atoms with Gasteiger partial charge < -0.3 is 10.2 Å². The molecule has 27 heavy (non-hydrogen) atoms. The van der Waals surface area contributed by atoms with Crippen LogP contribution in [0.1, 0.15) is 12.6 Å². The highest BCUT2D eigenvalue weighted by atomic mass is 19.4. The molecule has 0 amide bonds. The molecular formula is C18H23F3N6. The number of anilines is 1. The van der Waals surface area contributed by atoms with Crippen LogP contribution in [0.4, 0.5) is 19.0 Å². The second kappa shape index (κ2) is 8.18. The molecule has 146 valence electrons. The first-order chi connectivity index (χ1) is 12.8. The summed E-state index contributed by atoms with van der Waals surface area (Å²) in [7, 11) is 2.08. The van der Waals surface area contributed by atoms with Gasteiger partial charge in [0.2, 0.25) is 0 Å². The van der Waals surface area contributed by atoms with Crippen LogP contribution in [0.25, 0.3) is 11.4 Å². The number of nitrogens with one attached hydrogen (secondary N) is 1. The second-order valence-corrected chi connectivity index (χ2v) is 6.84. The molecule has 2 aromatic heterocycles. The summed E-state index contributed by atoms with van der Waals surface area (Å²) < 4.78 is 39.8. The molecule has 0 bridgehead atoms. The zero-order chi connectivity index (χ0) is 19.4. The Labute approximate surface area is 156 Å². The summed E-state index contributed by atoms with van der Waals surface area (Å²) in [5, 5.41) is 3.10. The Morgan fingerprint density at radius 1 is 1.11 bits per heavy atom. The summed E-state index contributed by atoms with van der Waals surface area (Å²) in [4.78, 5) is 16.4. The van der Waals surface area contributed by atoms with Gasteiger partial charge in [0.05, 0.1) is 0 Å². The van der Waals surface area contributed by atoms with Crippen LogP contribution in [-0.2, 0) is 6.18 Å². The SMILES string of the molecule is CC(CN1CCN(C)CC1)Nc1cc(C(F)(F)F)nc(-c2ccncc2)n1. The molecular weight excluding hydrogens is 357 g/mol. The van der Waals surface area contributed by atoms with Gasteiger partial charge in [-0.1, -0.05) is 0 Å². The molecule has 0 spiro atoms. The Morgan fingerprint density at radius 2 is 1.78 bits per heavy atom.